The fourth-order valence-electron chi connectivity index (χ4n) is 2.33. The van der Waals surface area contributed by atoms with Crippen molar-refractivity contribution in [2.45, 2.75) is 25.9 Å². The van der Waals surface area contributed by atoms with Gasteiger partial charge in [-0.25, -0.2) is 8.42 Å². The number of sulfone groups is 1. The van der Waals surface area contributed by atoms with Gasteiger partial charge in [0.25, 0.3) is 0 Å². The molecule has 2 rings (SSSR count). The number of hydrogen-bond acceptors (Lipinski definition) is 4. The van der Waals surface area contributed by atoms with E-state index >= 15 is 0 Å². The quantitative estimate of drug-likeness (QED) is 0.901. The summed E-state index contributed by atoms with van der Waals surface area (Å²) in [6.45, 7) is 2.50. The predicted octanol–water partition coefficient (Wildman–Crippen LogP) is 1.82. The molecule has 0 aromatic heterocycles. The van der Waals surface area contributed by atoms with E-state index < -0.39 is 9.84 Å². The Labute approximate surface area is 122 Å². The fourth-order valence-corrected chi connectivity index (χ4v) is 4.54. The molecule has 1 unspecified atom stereocenters. The molecule has 0 bridgehead atoms. The molecule has 1 aliphatic rings. The van der Waals surface area contributed by atoms with Gasteiger partial charge in [0.2, 0.25) is 0 Å². The summed E-state index contributed by atoms with van der Waals surface area (Å²) in [7, 11) is -2.92. The van der Waals surface area contributed by atoms with Crippen LogP contribution in [0, 0.1) is 6.92 Å². The number of halogens is 1. The molecule has 4 nitrogen and oxygen atoms in total. The Kier molecular flexibility index (Phi) is 4.53. The summed E-state index contributed by atoms with van der Waals surface area (Å²) < 4.78 is 29.9. The smallest absolute Gasteiger partial charge is 0.154 e. The first-order valence-corrected chi connectivity index (χ1v) is 8.89. The molecular formula is C13H18BrNO3S. The molecule has 0 saturated carbocycles. The van der Waals surface area contributed by atoms with Crippen LogP contribution >= 0.6 is 15.9 Å². The van der Waals surface area contributed by atoms with Crippen LogP contribution in [0.3, 0.4) is 0 Å². The van der Waals surface area contributed by atoms with Crippen molar-refractivity contribution in [1.82, 2.24) is 0 Å². The van der Waals surface area contributed by atoms with Gasteiger partial charge in [0, 0.05) is 4.47 Å². The number of rotatable bonds is 4. The summed E-state index contributed by atoms with van der Waals surface area (Å²) in [5.41, 5.74) is 7.64. The third-order valence-corrected chi connectivity index (χ3v) is 5.40. The van der Waals surface area contributed by atoms with Crippen LogP contribution in [0.4, 0.5) is 0 Å². The second-order valence-corrected chi connectivity index (χ2v) is 8.04. The molecule has 1 heterocycles. The minimum absolute atomic E-state index is 0.116. The van der Waals surface area contributed by atoms with Crippen LogP contribution in [0.25, 0.3) is 0 Å². The van der Waals surface area contributed by atoms with Crippen LogP contribution in [-0.4, -0.2) is 32.6 Å². The summed E-state index contributed by atoms with van der Waals surface area (Å²) in [6, 6.07) is 3.96. The maximum atomic E-state index is 11.5. The molecule has 0 radical (unpaired) electrons. The molecular weight excluding hydrogens is 330 g/mol. The van der Waals surface area contributed by atoms with Gasteiger partial charge in [-0.3, -0.25) is 0 Å². The lowest BCUT2D eigenvalue weighted by atomic mass is 10.1. The van der Waals surface area contributed by atoms with E-state index in [1.165, 1.54) is 0 Å². The van der Waals surface area contributed by atoms with Crippen molar-refractivity contribution in [3.05, 3.63) is 27.7 Å². The van der Waals surface area contributed by atoms with Crippen molar-refractivity contribution >= 4 is 25.8 Å². The van der Waals surface area contributed by atoms with E-state index in [1.807, 2.05) is 19.1 Å². The van der Waals surface area contributed by atoms with Crippen LogP contribution in [0.1, 0.15) is 17.5 Å². The Morgan fingerprint density at radius 3 is 2.79 bits per heavy atom. The minimum Gasteiger partial charge on any atom is -0.489 e. The Morgan fingerprint density at radius 1 is 1.47 bits per heavy atom. The van der Waals surface area contributed by atoms with E-state index in [1.54, 1.807) is 0 Å². The van der Waals surface area contributed by atoms with Crippen LogP contribution in [0.5, 0.6) is 5.75 Å². The number of aryl methyl sites for hydroxylation is 1. The molecule has 1 aromatic rings. The Balaban J connectivity index is 2.24. The average molecular weight is 348 g/mol. The average Bonchev–Trinajstić information content (AvgIpc) is 2.63. The highest BCUT2D eigenvalue weighted by molar-refractivity contribution is 9.10. The molecule has 1 fully saturated rings. The van der Waals surface area contributed by atoms with Crippen molar-refractivity contribution < 1.29 is 13.2 Å². The number of hydrogen-bond donors (Lipinski definition) is 1. The lowest BCUT2D eigenvalue weighted by Crippen LogP contribution is -2.19. The highest BCUT2D eigenvalue weighted by Gasteiger charge is 2.30. The fraction of sp³-hybridized carbons (Fsp3) is 0.538. The first-order valence-electron chi connectivity index (χ1n) is 6.27. The van der Waals surface area contributed by atoms with Crippen molar-refractivity contribution in [1.29, 1.82) is 0 Å². The largest absolute Gasteiger partial charge is 0.489 e. The maximum absolute atomic E-state index is 11.5. The summed E-state index contributed by atoms with van der Waals surface area (Å²) in [5.74, 6) is 1.13. The Morgan fingerprint density at radius 2 is 2.21 bits per heavy atom. The van der Waals surface area contributed by atoms with Gasteiger partial charge >= 0.3 is 0 Å². The summed E-state index contributed by atoms with van der Waals surface area (Å²) in [5, 5.41) is 0. The van der Waals surface area contributed by atoms with Gasteiger partial charge in [0.05, 0.1) is 11.5 Å². The van der Waals surface area contributed by atoms with Crippen LogP contribution in [0.2, 0.25) is 0 Å². The van der Waals surface area contributed by atoms with Crippen LogP contribution in [-0.2, 0) is 16.3 Å². The molecule has 6 heteroatoms. The molecule has 1 saturated heterocycles. The van der Waals surface area contributed by atoms with Crippen LogP contribution in [0.15, 0.2) is 16.6 Å². The van der Waals surface area contributed by atoms with E-state index in [9.17, 15) is 8.42 Å². The third-order valence-electron chi connectivity index (χ3n) is 3.21. The molecule has 106 valence electrons. The predicted molar refractivity (Wildman–Crippen MR) is 79.3 cm³/mol. The molecule has 1 aromatic carbocycles. The second kappa shape index (κ2) is 5.81. The third kappa shape index (κ3) is 3.70. The Hall–Kier alpha value is -0.590. The molecule has 0 aliphatic carbocycles. The second-order valence-electron chi connectivity index (χ2n) is 4.89. The van der Waals surface area contributed by atoms with Crippen molar-refractivity contribution in [3.8, 4) is 5.75 Å². The molecule has 2 N–H and O–H groups in total. The van der Waals surface area contributed by atoms with E-state index in [2.05, 4.69) is 15.9 Å². The van der Waals surface area contributed by atoms with Gasteiger partial charge in [-0.05, 0) is 49.6 Å². The van der Waals surface area contributed by atoms with Gasteiger partial charge in [-0.1, -0.05) is 15.9 Å². The highest BCUT2D eigenvalue weighted by Crippen LogP contribution is 2.31. The van der Waals surface area contributed by atoms with E-state index in [-0.39, 0.29) is 17.6 Å². The van der Waals surface area contributed by atoms with E-state index in [0.29, 0.717) is 13.0 Å². The zero-order valence-electron chi connectivity index (χ0n) is 10.9. The molecule has 0 spiro atoms. The van der Waals surface area contributed by atoms with Gasteiger partial charge in [-0.2, -0.15) is 0 Å². The van der Waals surface area contributed by atoms with Crippen molar-refractivity contribution in [2.75, 3.05) is 18.1 Å². The zero-order chi connectivity index (χ0) is 14.0. The summed E-state index contributed by atoms with van der Waals surface area (Å²) in [6.07, 6.45) is 1.05. The monoisotopic (exact) mass is 347 g/mol. The summed E-state index contributed by atoms with van der Waals surface area (Å²) >= 11 is 3.46. The molecule has 1 aliphatic heterocycles. The SMILES string of the molecule is Cc1cc(Br)cc(CCN)c1OC1CCS(=O)(=O)C1. The van der Waals surface area contributed by atoms with Gasteiger partial charge in [0.15, 0.2) is 9.84 Å². The molecule has 19 heavy (non-hydrogen) atoms. The Bertz CT molecular complexity index is 571. The van der Waals surface area contributed by atoms with Crippen LogP contribution < -0.4 is 10.5 Å². The van der Waals surface area contributed by atoms with Gasteiger partial charge < -0.3 is 10.5 Å². The first-order chi connectivity index (χ1) is 8.91. The van der Waals surface area contributed by atoms with Crippen molar-refractivity contribution in [2.24, 2.45) is 5.73 Å². The minimum atomic E-state index is -2.92. The normalized spacial score (nSPS) is 21.5. The number of ether oxygens (including phenoxy) is 1. The van der Waals surface area contributed by atoms with E-state index in [4.69, 9.17) is 10.5 Å². The summed E-state index contributed by atoms with van der Waals surface area (Å²) in [4.78, 5) is 0. The highest BCUT2D eigenvalue weighted by atomic mass is 79.9. The zero-order valence-corrected chi connectivity index (χ0v) is 13.3. The maximum Gasteiger partial charge on any atom is 0.154 e. The standard InChI is InChI=1S/C13H18BrNO3S/c1-9-6-11(14)7-10(2-4-15)13(9)18-12-3-5-19(16,17)8-12/h6-7,12H,2-5,8,15H2,1H3. The first kappa shape index (κ1) is 14.8. The van der Waals surface area contributed by atoms with Gasteiger partial charge in [0.1, 0.15) is 11.9 Å². The number of nitrogens with two attached hydrogens (primary N) is 1. The number of benzene rings is 1. The molecule has 1 atom stereocenters. The lowest BCUT2D eigenvalue weighted by molar-refractivity contribution is 0.225. The molecule has 0 amide bonds. The topological polar surface area (TPSA) is 69.4 Å². The van der Waals surface area contributed by atoms with Crippen molar-refractivity contribution in [3.63, 3.8) is 0 Å². The lowest BCUT2D eigenvalue weighted by Gasteiger charge is -2.18. The van der Waals surface area contributed by atoms with E-state index in [0.717, 1.165) is 27.8 Å². The van der Waals surface area contributed by atoms with Gasteiger partial charge in [-0.15, -0.1) is 0 Å².